The SMILES string of the molecule is C=CC(O)c1ccc2c(c1CO)OC(C(C)(C)O)C2. The molecular weight excluding hydrogens is 244 g/mol. The van der Waals surface area contributed by atoms with Crippen molar-refractivity contribution in [3.8, 4) is 5.75 Å². The average Bonchev–Trinajstić information content (AvgIpc) is 2.80. The molecule has 104 valence electrons. The molecule has 0 amide bonds. The summed E-state index contributed by atoms with van der Waals surface area (Å²) >= 11 is 0. The van der Waals surface area contributed by atoms with Crippen LogP contribution in [-0.4, -0.2) is 27.0 Å². The Hall–Kier alpha value is -1.36. The highest BCUT2D eigenvalue weighted by atomic mass is 16.5. The molecule has 0 aliphatic carbocycles. The van der Waals surface area contributed by atoms with Gasteiger partial charge in [0, 0.05) is 12.0 Å². The molecule has 2 atom stereocenters. The van der Waals surface area contributed by atoms with Crippen LogP contribution in [0.3, 0.4) is 0 Å². The second-order valence-electron chi connectivity index (χ2n) is 5.42. The number of rotatable bonds is 4. The van der Waals surface area contributed by atoms with E-state index in [2.05, 4.69) is 6.58 Å². The van der Waals surface area contributed by atoms with Crippen LogP contribution in [0, 0.1) is 0 Å². The molecule has 2 unspecified atom stereocenters. The minimum atomic E-state index is -0.955. The van der Waals surface area contributed by atoms with E-state index in [0.29, 0.717) is 23.3 Å². The molecule has 1 heterocycles. The van der Waals surface area contributed by atoms with Crippen LogP contribution in [0.2, 0.25) is 0 Å². The molecule has 1 aromatic rings. The van der Waals surface area contributed by atoms with E-state index >= 15 is 0 Å². The standard InChI is InChI=1S/C15H20O4/c1-4-12(17)10-6-5-9-7-13(15(2,3)18)19-14(9)11(10)8-16/h4-6,12-13,16-18H,1,7-8H2,2-3H3. The van der Waals surface area contributed by atoms with Crippen LogP contribution in [-0.2, 0) is 13.0 Å². The zero-order valence-corrected chi connectivity index (χ0v) is 11.3. The van der Waals surface area contributed by atoms with E-state index in [0.717, 1.165) is 5.56 Å². The summed E-state index contributed by atoms with van der Waals surface area (Å²) in [5, 5.41) is 29.4. The maximum Gasteiger partial charge on any atom is 0.131 e. The molecule has 1 aromatic carbocycles. The van der Waals surface area contributed by atoms with Crippen molar-refractivity contribution in [2.24, 2.45) is 0 Å². The largest absolute Gasteiger partial charge is 0.486 e. The molecule has 0 bridgehead atoms. The van der Waals surface area contributed by atoms with Crippen LogP contribution in [0.25, 0.3) is 0 Å². The Morgan fingerprint density at radius 3 is 2.74 bits per heavy atom. The number of aliphatic hydroxyl groups is 3. The van der Waals surface area contributed by atoms with Crippen molar-refractivity contribution in [2.45, 2.75) is 44.7 Å². The topological polar surface area (TPSA) is 69.9 Å². The lowest BCUT2D eigenvalue weighted by atomic mass is 9.94. The monoisotopic (exact) mass is 264 g/mol. The normalized spacial score (nSPS) is 19.7. The number of hydrogen-bond acceptors (Lipinski definition) is 4. The fourth-order valence-electron chi connectivity index (χ4n) is 2.34. The van der Waals surface area contributed by atoms with E-state index in [1.165, 1.54) is 6.08 Å². The molecule has 4 nitrogen and oxygen atoms in total. The van der Waals surface area contributed by atoms with Gasteiger partial charge in [0.2, 0.25) is 0 Å². The van der Waals surface area contributed by atoms with E-state index in [-0.39, 0.29) is 12.7 Å². The molecule has 1 aliphatic rings. The Morgan fingerprint density at radius 2 is 2.21 bits per heavy atom. The molecule has 0 radical (unpaired) electrons. The number of benzene rings is 1. The Kier molecular flexibility index (Phi) is 3.67. The van der Waals surface area contributed by atoms with E-state index in [4.69, 9.17) is 4.74 Å². The van der Waals surface area contributed by atoms with Gasteiger partial charge in [-0.25, -0.2) is 0 Å². The van der Waals surface area contributed by atoms with Crippen molar-refractivity contribution in [2.75, 3.05) is 0 Å². The van der Waals surface area contributed by atoms with Crippen molar-refractivity contribution in [1.29, 1.82) is 0 Å². The molecule has 2 rings (SSSR count). The minimum Gasteiger partial charge on any atom is -0.486 e. The summed E-state index contributed by atoms with van der Waals surface area (Å²) in [6, 6.07) is 3.63. The van der Waals surface area contributed by atoms with E-state index < -0.39 is 11.7 Å². The van der Waals surface area contributed by atoms with Crippen LogP contribution in [0.4, 0.5) is 0 Å². The molecule has 0 fully saturated rings. The number of hydrogen-bond donors (Lipinski definition) is 3. The fraction of sp³-hybridized carbons (Fsp3) is 0.467. The van der Waals surface area contributed by atoms with Crippen molar-refractivity contribution < 1.29 is 20.1 Å². The quantitative estimate of drug-likeness (QED) is 0.720. The third-order valence-corrected chi connectivity index (χ3v) is 3.53. The van der Waals surface area contributed by atoms with Crippen molar-refractivity contribution in [1.82, 2.24) is 0 Å². The zero-order valence-electron chi connectivity index (χ0n) is 11.3. The Labute approximate surface area is 113 Å². The molecule has 4 heteroatoms. The summed E-state index contributed by atoms with van der Waals surface area (Å²) in [6.07, 6.45) is 0.820. The van der Waals surface area contributed by atoms with Crippen LogP contribution in [0.5, 0.6) is 5.75 Å². The predicted molar refractivity (Wildman–Crippen MR) is 71.9 cm³/mol. The number of ether oxygens (including phenoxy) is 1. The van der Waals surface area contributed by atoms with Crippen LogP contribution < -0.4 is 4.74 Å². The summed E-state index contributed by atoms with van der Waals surface area (Å²) in [5.41, 5.74) is 1.14. The average molecular weight is 264 g/mol. The van der Waals surface area contributed by atoms with Crippen molar-refractivity contribution in [3.63, 3.8) is 0 Å². The van der Waals surface area contributed by atoms with E-state index in [9.17, 15) is 15.3 Å². The van der Waals surface area contributed by atoms with Crippen molar-refractivity contribution in [3.05, 3.63) is 41.5 Å². The second kappa shape index (κ2) is 4.96. The van der Waals surface area contributed by atoms with Crippen LogP contribution >= 0.6 is 0 Å². The number of fused-ring (bicyclic) bond motifs is 1. The smallest absolute Gasteiger partial charge is 0.131 e. The third kappa shape index (κ3) is 2.52. The van der Waals surface area contributed by atoms with E-state index in [1.54, 1.807) is 19.9 Å². The molecular formula is C15H20O4. The summed E-state index contributed by atoms with van der Waals surface area (Å²) < 4.78 is 5.77. The molecule has 0 saturated carbocycles. The van der Waals surface area contributed by atoms with Gasteiger partial charge in [-0.2, -0.15) is 0 Å². The lowest BCUT2D eigenvalue weighted by molar-refractivity contribution is -0.0235. The predicted octanol–water partition coefficient (Wildman–Crippen LogP) is 1.47. The van der Waals surface area contributed by atoms with Crippen LogP contribution in [0.1, 0.15) is 36.6 Å². The molecule has 0 aromatic heterocycles. The highest BCUT2D eigenvalue weighted by molar-refractivity contribution is 5.50. The highest BCUT2D eigenvalue weighted by Crippen LogP contribution is 2.39. The van der Waals surface area contributed by atoms with Gasteiger partial charge < -0.3 is 20.1 Å². The summed E-state index contributed by atoms with van der Waals surface area (Å²) in [5.74, 6) is 0.577. The van der Waals surface area contributed by atoms with Crippen LogP contribution in [0.15, 0.2) is 24.8 Å². The first-order valence-corrected chi connectivity index (χ1v) is 6.33. The molecule has 0 saturated heterocycles. The van der Waals surface area contributed by atoms with Gasteiger partial charge in [-0.1, -0.05) is 18.2 Å². The maximum atomic E-state index is 10.0. The van der Waals surface area contributed by atoms with Gasteiger partial charge in [-0.15, -0.1) is 6.58 Å². The van der Waals surface area contributed by atoms with Gasteiger partial charge in [0.15, 0.2) is 0 Å². The van der Waals surface area contributed by atoms with Gasteiger partial charge in [-0.05, 0) is 25.0 Å². The Bertz CT molecular complexity index is 488. The first-order valence-electron chi connectivity index (χ1n) is 6.33. The first kappa shape index (κ1) is 14.1. The minimum absolute atomic E-state index is 0.220. The lowest BCUT2D eigenvalue weighted by Gasteiger charge is -2.25. The fourth-order valence-corrected chi connectivity index (χ4v) is 2.34. The molecule has 1 aliphatic heterocycles. The summed E-state index contributed by atoms with van der Waals surface area (Å²) in [7, 11) is 0. The summed E-state index contributed by atoms with van der Waals surface area (Å²) in [6.45, 7) is 6.72. The van der Waals surface area contributed by atoms with Gasteiger partial charge in [-0.3, -0.25) is 0 Å². The Morgan fingerprint density at radius 1 is 1.53 bits per heavy atom. The lowest BCUT2D eigenvalue weighted by Crippen LogP contribution is -2.39. The van der Waals surface area contributed by atoms with Gasteiger partial charge in [0.05, 0.1) is 18.3 Å². The first-order chi connectivity index (χ1) is 8.88. The second-order valence-corrected chi connectivity index (χ2v) is 5.42. The van der Waals surface area contributed by atoms with Gasteiger partial charge >= 0.3 is 0 Å². The third-order valence-electron chi connectivity index (χ3n) is 3.53. The number of aliphatic hydroxyl groups excluding tert-OH is 2. The van der Waals surface area contributed by atoms with Crippen molar-refractivity contribution >= 4 is 0 Å². The molecule has 3 N–H and O–H groups in total. The summed E-state index contributed by atoms with van der Waals surface area (Å²) in [4.78, 5) is 0. The highest BCUT2D eigenvalue weighted by Gasteiger charge is 2.36. The van der Waals surface area contributed by atoms with Gasteiger partial charge in [0.1, 0.15) is 11.9 Å². The van der Waals surface area contributed by atoms with Gasteiger partial charge in [0.25, 0.3) is 0 Å². The zero-order chi connectivity index (χ0) is 14.2. The Balaban J connectivity index is 2.43. The molecule has 19 heavy (non-hydrogen) atoms. The van der Waals surface area contributed by atoms with E-state index in [1.807, 2.05) is 6.07 Å². The molecule has 0 spiro atoms. The maximum absolute atomic E-state index is 10.0.